The Bertz CT molecular complexity index is 1050. The Kier molecular flexibility index (Phi) is 10.8. The molecule has 0 spiro atoms. The number of ether oxygens (including phenoxy) is 1. The lowest BCUT2D eigenvalue weighted by molar-refractivity contribution is -0.134. The van der Waals surface area contributed by atoms with Gasteiger partial charge in [0, 0.05) is 25.6 Å². The quantitative estimate of drug-likeness (QED) is 0.159. The lowest BCUT2D eigenvalue weighted by Gasteiger charge is -2.28. The number of rotatable bonds is 13. The molecule has 7 N–H and O–H groups in total. The molecule has 2 rings (SSSR count). The number of hydrogen-bond donors (Lipinski definition) is 7. The summed E-state index contributed by atoms with van der Waals surface area (Å²) in [5.74, 6) is -1.01. The molecule has 13 nitrogen and oxygen atoms in total. The third-order valence-electron chi connectivity index (χ3n) is 5.89. The predicted octanol–water partition coefficient (Wildman–Crippen LogP) is -0.782. The highest BCUT2D eigenvalue weighted by atomic mass is 16.5. The summed E-state index contributed by atoms with van der Waals surface area (Å²) in [6.07, 6.45) is -10.1. The molecule has 37 heavy (non-hydrogen) atoms. The number of furan rings is 2. The number of aliphatic hydroxyl groups is 7. The van der Waals surface area contributed by atoms with Crippen molar-refractivity contribution in [3.05, 3.63) is 46.3 Å². The van der Waals surface area contributed by atoms with Gasteiger partial charge in [-0.3, -0.25) is 4.79 Å². The minimum Gasteiger partial charge on any atom is -0.463 e. The zero-order valence-electron chi connectivity index (χ0n) is 21.1. The van der Waals surface area contributed by atoms with Crippen molar-refractivity contribution < 1.29 is 58.9 Å². The number of nitrogens with zero attached hydrogens (tertiary/aromatic N) is 1. The maximum Gasteiger partial charge on any atom is 0.341 e. The number of esters is 1. The molecule has 1 amide bonds. The smallest absolute Gasteiger partial charge is 0.341 e. The van der Waals surface area contributed by atoms with Crippen molar-refractivity contribution in [3.63, 3.8) is 0 Å². The van der Waals surface area contributed by atoms with Crippen molar-refractivity contribution >= 4 is 11.9 Å². The summed E-state index contributed by atoms with van der Waals surface area (Å²) >= 11 is 0. The normalized spacial score (nSPS) is 16.5. The Labute approximate surface area is 213 Å². The van der Waals surface area contributed by atoms with E-state index in [4.69, 9.17) is 18.7 Å². The van der Waals surface area contributed by atoms with E-state index in [9.17, 15) is 40.2 Å². The van der Waals surface area contributed by atoms with E-state index in [2.05, 4.69) is 0 Å². The molecule has 0 saturated heterocycles. The van der Waals surface area contributed by atoms with Gasteiger partial charge in [-0.2, -0.15) is 0 Å². The lowest BCUT2D eigenvalue weighted by Crippen LogP contribution is -2.43. The molecule has 2 heterocycles. The summed E-state index contributed by atoms with van der Waals surface area (Å²) in [5.41, 5.74) is 0.464. The van der Waals surface area contributed by atoms with Gasteiger partial charge in [-0.05, 0) is 32.9 Å². The van der Waals surface area contributed by atoms with Crippen LogP contribution in [0.1, 0.15) is 65.0 Å². The Hall–Kier alpha value is -2.78. The van der Waals surface area contributed by atoms with Crippen LogP contribution in [0.2, 0.25) is 0 Å². The van der Waals surface area contributed by atoms with Gasteiger partial charge in [0.2, 0.25) is 5.91 Å². The van der Waals surface area contributed by atoms with Gasteiger partial charge in [0.05, 0.1) is 13.2 Å². The lowest BCUT2D eigenvalue weighted by atomic mass is 10.0. The van der Waals surface area contributed by atoms with Crippen LogP contribution < -0.4 is 0 Å². The van der Waals surface area contributed by atoms with Crippen molar-refractivity contribution in [3.8, 4) is 0 Å². The predicted molar refractivity (Wildman–Crippen MR) is 125 cm³/mol. The van der Waals surface area contributed by atoms with Crippen molar-refractivity contribution in [1.82, 2.24) is 4.90 Å². The molecule has 0 aliphatic rings. The summed E-state index contributed by atoms with van der Waals surface area (Å²) in [7, 11) is 0. The van der Waals surface area contributed by atoms with E-state index in [1.807, 2.05) is 0 Å². The van der Waals surface area contributed by atoms with Gasteiger partial charge in [0.15, 0.2) is 0 Å². The number of aryl methyl sites for hydroxylation is 2. The molecular weight excluding hydrogens is 494 g/mol. The van der Waals surface area contributed by atoms with Crippen molar-refractivity contribution in [2.24, 2.45) is 0 Å². The van der Waals surface area contributed by atoms with E-state index in [1.165, 1.54) is 32.9 Å². The van der Waals surface area contributed by atoms with Gasteiger partial charge in [0.1, 0.15) is 65.2 Å². The minimum atomic E-state index is -1.79. The summed E-state index contributed by atoms with van der Waals surface area (Å²) in [6.45, 7) is 4.68. The Morgan fingerprint density at radius 2 is 1.46 bits per heavy atom. The molecule has 0 bridgehead atoms. The topological polar surface area (TPSA) is 214 Å². The first-order valence-electron chi connectivity index (χ1n) is 11.6. The number of aliphatic hydroxyl groups excluding tert-OH is 7. The number of hydrogen-bond acceptors (Lipinski definition) is 12. The van der Waals surface area contributed by atoms with Crippen LogP contribution in [-0.4, -0.2) is 96.7 Å². The molecule has 0 aromatic carbocycles. The average molecular weight is 530 g/mol. The van der Waals surface area contributed by atoms with Crippen LogP contribution in [0.3, 0.4) is 0 Å². The van der Waals surface area contributed by atoms with Gasteiger partial charge in [-0.1, -0.05) is 0 Å². The van der Waals surface area contributed by atoms with Crippen molar-refractivity contribution in [1.29, 1.82) is 0 Å². The van der Waals surface area contributed by atoms with Gasteiger partial charge >= 0.3 is 5.97 Å². The molecular formula is C24H35NO12. The molecule has 0 aliphatic carbocycles. The van der Waals surface area contributed by atoms with Crippen LogP contribution in [-0.2, 0) is 16.1 Å². The van der Waals surface area contributed by atoms with Crippen molar-refractivity contribution in [2.45, 2.75) is 70.9 Å². The van der Waals surface area contributed by atoms with Gasteiger partial charge in [-0.15, -0.1) is 0 Å². The average Bonchev–Trinajstić information content (AvgIpc) is 3.43. The molecule has 2 aromatic heterocycles. The van der Waals surface area contributed by atoms with Crippen LogP contribution >= 0.6 is 0 Å². The second-order valence-electron chi connectivity index (χ2n) is 8.66. The first-order chi connectivity index (χ1) is 17.3. The highest BCUT2D eigenvalue weighted by Gasteiger charge is 2.33. The third kappa shape index (κ3) is 7.38. The maximum absolute atomic E-state index is 12.2. The van der Waals surface area contributed by atoms with Crippen LogP contribution in [0.15, 0.2) is 21.0 Å². The zero-order chi connectivity index (χ0) is 28.0. The first-order valence-corrected chi connectivity index (χ1v) is 11.6. The highest BCUT2D eigenvalue weighted by Crippen LogP contribution is 2.27. The molecule has 0 unspecified atom stereocenters. The van der Waals surface area contributed by atoms with Crippen LogP contribution in [0.5, 0.6) is 0 Å². The van der Waals surface area contributed by atoms with E-state index < -0.39 is 61.7 Å². The van der Waals surface area contributed by atoms with Crippen LogP contribution in [0.4, 0.5) is 0 Å². The number of carbonyl (C=O) groups is 2. The van der Waals surface area contributed by atoms with Gasteiger partial charge < -0.3 is 54.2 Å². The summed E-state index contributed by atoms with van der Waals surface area (Å²) in [4.78, 5) is 25.4. The van der Waals surface area contributed by atoms with E-state index in [1.54, 1.807) is 6.92 Å². The number of amides is 1. The summed E-state index contributed by atoms with van der Waals surface area (Å²) in [6, 6.07) is 2.56. The Balaban J connectivity index is 2.13. The van der Waals surface area contributed by atoms with E-state index in [0.717, 1.165) is 4.90 Å². The second kappa shape index (κ2) is 13.1. The summed E-state index contributed by atoms with van der Waals surface area (Å²) < 4.78 is 15.7. The maximum atomic E-state index is 12.2. The molecule has 0 aliphatic heterocycles. The number of carbonyl (C=O) groups excluding carboxylic acids is 2. The van der Waals surface area contributed by atoms with Gasteiger partial charge in [0.25, 0.3) is 0 Å². The second-order valence-corrected chi connectivity index (χ2v) is 8.66. The largest absolute Gasteiger partial charge is 0.463 e. The zero-order valence-corrected chi connectivity index (χ0v) is 21.1. The van der Waals surface area contributed by atoms with Gasteiger partial charge in [-0.25, -0.2) is 4.79 Å². The van der Waals surface area contributed by atoms with Crippen LogP contribution in [0, 0.1) is 13.8 Å². The fourth-order valence-corrected chi connectivity index (χ4v) is 3.62. The standard InChI is InChI=1S/C24H35NO12/c1-5-35-24(34)15-7-19(37-12(15)3)23(33)20(30)16(28)9-25(13(4)27)8-14-6-18(36-11(14)2)22(32)21(31)17(29)10-26/h6-7,16-17,20-23,26,28-33H,5,8-10H2,1-4H3/t16-,17-,20-,21-,22-,23-/m1/s1. The summed E-state index contributed by atoms with van der Waals surface area (Å²) in [5, 5.41) is 70.2. The highest BCUT2D eigenvalue weighted by molar-refractivity contribution is 5.90. The first kappa shape index (κ1) is 30.4. The minimum absolute atomic E-state index is 0.0630. The van der Waals surface area contributed by atoms with Crippen LogP contribution in [0.25, 0.3) is 0 Å². The molecule has 2 aromatic rings. The fourth-order valence-electron chi connectivity index (χ4n) is 3.62. The molecule has 6 atom stereocenters. The third-order valence-corrected chi connectivity index (χ3v) is 5.89. The molecule has 0 radical (unpaired) electrons. The fraction of sp³-hybridized carbons (Fsp3) is 0.583. The van der Waals surface area contributed by atoms with Crippen molar-refractivity contribution in [2.75, 3.05) is 19.8 Å². The molecule has 208 valence electrons. The van der Waals surface area contributed by atoms with E-state index >= 15 is 0 Å². The van der Waals surface area contributed by atoms with E-state index in [-0.39, 0.29) is 41.8 Å². The van der Waals surface area contributed by atoms with E-state index in [0.29, 0.717) is 5.56 Å². The molecule has 0 fully saturated rings. The SMILES string of the molecule is CCOC(=O)c1cc([C@@H](O)[C@H](O)[C@H](O)CN(Cc2cc([C@@H](O)[C@H](O)[C@H](O)CO)oc2C)C(C)=O)oc1C. The Morgan fingerprint density at radius 3 is 2.00 bits per heavy atom. The monoisotopic (exact) mass is 529 g/mol. The Morgan fingerprint density at radius 1 is 0.919 bits per heavy atom. The molecule has 13 heteroatoms. The molecule has 0 saturated carbocycles.